The average molecular weight is 213 g/mol. The van der Waals surface area contributed by atoms with E-state index < -0.39 is 0 Å². The van der Waals surface area contributed by atoms with Crippen molar-refractivity contribution in [2.24, 2.45) is 0 Å². The van der Waals surface area contributed by atoms with Gasteiger partial charge in [0, 0.05) is 19.1 Å². The molecule has 2 atom stereocenters. The van der Waals surface area contributed by atoms with Gasteiger partial charge in [0.2, 0.25) is 0 Å². The van der Waals surface area contributed by atoms with E-state index in [4.69, 9.17) is 4.74 Å². The largest absolute Gasteiger partial charge is 0.469 e. The highest BCUT2D eigenvalue weighted by Gasteiger charge is 2.24. The van der Waals surface area contributed by atoms with Crippen LogP contribution in [0, 0.1) is 0 Å². The van der Waals surface area contributed by atoms with E-state index in [1.165, 1.54) is 7.11 Å². The third kappa shape index (κ3) is 3.64. The molecule has 1 fully saturated rings. The van der Waals surface area contributed by atoms with Gasteiger partial charge in [0.25, 0.3) is 0 Å². The van der Waals surface area contributed by atoms with E-state index in [-0.39, 0.29) is 12.1 Å². The first-order valence-corrected chi connectivity index (χ1v) is 5.22. The van der Waals surface area contributed by atoms with E-state index in [1.807, 2.05) is 6.08 Å². The summed E-state index contributed by atoms with van der Waals surface area (Å²) in [6.07, 6.45) is 2.19. The first-order chi connectivity index (χ1) is 7.17. The number of rotatable bonds is 4. The van der Waals surface area contributed by atoms with Crippen LogP contribution in [0.25, 0.3) is 0 Å². The Bertz CT molecular complexity index is 230. The molecule has 1 aliphatic heterocycles. The predicted molar refractivity (Wildman–Crippen MR) is 57.6 cm³/mol. The second-order valence-electron chi connectivity index (χ2n) is 3.74. The fraction of sp³-hybridized carbons (Fsp3) is 0.727. The summed E-state index contributed by atoms with van der Waals surface area (Å²) in [7, 11) is 1.40. The number of esters is 1. The normalized spacial score (nSPS) is 24.5. The minimum absolute atomic E-state index is 0.0476. The molecule has 0 N–H and O–H groups in total. The van der Waals surface area contributed by atoms with E-state index in [1.54, 1.807) is 0 Å². The highest BCUT2D eigenvalue weighted by molar-refractivity contribution is 5.69. The van der Waals surface area contributed by atoms with Gasteiger partial charge < -0.3 is 9.47 Å². The van der Waals surface area contributed by atoms with Crippen molar-refractivity contribution in [2.75, 3.05) is 26.8 Å². The molecule has 4 nitrogen and oxygen atoms in total. The van der Waals surface area contributed by atoms with Crippen LogP contribution in [0.2, 0.25) is 0 Å². The molecule has 0 aromatic carbocycles. The summed E-state index contributed by atoms with van der Waals surface area (Å²) in [5.41, 5.74) is 0. The number of nitrogens with zero attached hydrogens (tertiary/aromatic N) is 1. The molecule has 0 amide bonds. The van der Waals surface area contributed by atoms with Gasteiger partial charge in [-0.2, -0.15) is 0 Å². The zero-order valence-corrected chi connectivity index (χ0v) is 9.44. The van der Waals surface area contributed by atoms with E-state index in [0.29, 0.717) is 19.1 Å². The minimum Gasteiger partial charge on any atom is -0.469 e. The topological polar surface area (TPSA) is 38.8 Å². The molecule has 1 saturated heterocycles. The number of carbonyl (C=O) groups excluding carboxylic acids is 1. The summed E-state index contributed by atoms with van der Waals surface area (Å²) in [5.74, 6) is -0.215. The molecule has 15 heavy (non-hydrogen) atoms. The van der Waals surface area contributed by atoms with E-state index >= 15 is 0 Å². The summed E-state index contributed by atoms with van der Waals surface area (Å²) in [5, 5.41) is 0. The molecule has 1 rings (SSSR count). The van der Waals surface area contributed by atoms with Gasteiger partial charge in [0.1, 0.15) is 0 Å². The Morgan fingerprint density at radius 2 is 2.53 bits per heavy atom. The third-order valence-electron chi connectivity index (χ3n) is 2.71. The predicted octanol–water partition coefficient (Wildman–Crippen LogP) is 0.825. The van der Waals surface area contributed by atoms with Gasteiger partial charge in [-0.15, -0.1) is 6.58 Å². The molecular weight excluding hydrogens is 194 g/mol. The zero-order valence-electron chi connectivity index (χ0n) is 9.44. The number of methoxy groups -OCH3 is 1. The van der Waals surface area contributed by atoms with Crippen LogP contribution in [-0.2, 0) is 14.3 Å². The van der Waals surface area contributed by atoms with E-state index in [0.717, 1.165) is 13.1 Å². The lowest BCUT2D eigenvalue weighted by atomic mass is 10.1. The van der Waals surface area contributed by atoms with Gasteiger partial charge in [0.15, 0.2) is 0 Å². The van der Waals surface area contributed by atoms with Crippen molar-refractivity contribution in [2.45, 2.75) is 25.5 Å². The van der Waals surface area contributed by atoms with Crippen LogP contribution >= 0.6 is 0 Å². The van der Waals surface area contributed by atoms with Crippen molar-refractivity contribution < 1.29 is 14.3 Å². The summed E-state index contributed by atoms with van der Waals surface area (Å²) < 4.78 is 10.1. The lowest BCUT2D eigenvalue weighted by Crippen LogP contribution is -2.46. The summed E-state index contributed by atoms with van der Waals surface area (Å²) in [6, 6.07) is 0.328. The van der Waals surface area contributed by atoms with Gasteiger partial charge in [-0.3, -0.25) is 9.69 Å². The van der Waals surface area contributed by atoms with Crippen molar-refractivity contribution in [3.8, 4) is 0 Å². The molecule has 0 aromatic heterocycles. The first kappa shape index (κ1) is 12.2. The molecule has 0 aromatic rings. The van der Waals surface area contributed by atoms with Gasteiger partial charge in [-0.1, -0.05) is 6.08 Å². The molecule has 0 aliphatic carbocycles. The third-order valence-corrected chi connectivity index (χ3v) is 2.71. The monoisotopic (exact) mass is 213 g/mol. The maximum atomic E-state index is 11.1. The molecular formula is C11H19NO3. The molecule has 1 aliphatic rings. The fourth-order valence-electron chi connectivity index (χ4n) is 1.65. The van der Waals surface area contributed by atoms with Gasteiger partial charge in [0.05, 0.1) is 26.2 Å². The van der Waals surface area contributed by atoms with Crippen LogP contribution in [0.1, 0.15) is 13.3 Å². The SMILES string of the molecule is C=CC(C)N1CCOC(CC(=O)OC)C1. The summed E-state index contributed by atoms with van der Waals surface area (Å²) >= 11 is 0. The summed E-state index contributed by atoms with van der Waals surface area (Å²) in [4.78, 5) is 13.3. The quantitative estimate of drug-likeness (QED) is 0.512. The number of ether oxygens (including phenoxy) is 2. The molecule has 1 heterocycles. The molecule has 4 heteroatoms. The van der Waals surface area contributed by atoms with Gasteiger partial charge in [-0.05, 0) is 6.92 Å². The minimum atomic E-state index is -0.215. The van der Waals surface area contributed by atoms with Gasteiger partial charge >= 0.3 is 5.97 Å². The van der Waals surface area contributed by atoms with E-state index in [9.17, 15) is 4.79 Å². The highest BCUT2D eigenvalue weighted by Crippen LogP contribution is 2.12. The lowest BCUT2D eigenvalue weighted by molar-refractivity contribution is -0.145. The van der Waals surface area contributed by atoms with Crippen molar-refractivity contribution in [1.29, 1.82) is 0 Å². The Hall–Kier alpha value is -0.870. The van der Waals surface area contributed by atoms with Crippen molar-refractivity contribution in [1.82, 2.24) is 4.90 Å². The molecule has 86 valence electrons. The van der Waals surface area contributed by atoms with Crippen LogP contribution in [0.3, 0.4) is 0 Å². The van der Waals surface area contributed by atoms with Gasteiger partial charge in [-0.25, -0.2) is 0 Å². The number of morpholine rings is 1. The van der Waals surface area contributed by atoms with Crippen LogP contribution in [0.5, 0.6) is 0 Å². The zero-order chi connectivity index (χ0) is 11.3. The standard InChI is InChI=1S/C11H19NO3/c1-4-9(2)12-5-6-15-10(8-12)7-11(13)14-3/h4,9-10H,1,5-8H2,2-3H3. The summed E-state index contributed by atoms with van der Waals surface area (Å²) in [6.45, 7) is 8.18. The number of hydrogen-bond donors (Lipinski definition) is 0. The van der Waals surface area contributed by atoms with Crippen LogP contribution in [-0.4, -0.2) is 49.8 Å². The Balaban J connectivity index is 2.41. The molecule has 0 bridgehead atoms. The second-order valence-corrected chi connectivity index (χ2v) is 3.74. The smallest absolute Gasteiger partial charge is 0.308 e. The Morgan fingerprint density at radius 3 is 3.13 bits per heavy atom. The molecule has 0 saturated carbocycles. The fourth-order valence-corrected chi connectivity index (χ4v) is 1.65. The second kappa shape index (κ2) is 5.88. The Morgan fingerprint density at radius 1 is 1.80 bits per heavy atom. The van der Waals surface area contributed by atoms with Crippen LogP contribution in [0.15, 0.2) is 12.7 Å². The Labute approximate surface area is 90.8 Å². The van der Waals surface area contributed by atoms with Crippen LogP contribution in [0.4, 0.5) is 0 Å². The molecule has 0 spiro atoms. The molecule has 0 radical (unpaired) electrons. The first-order valence-electron chi connectivity index (χ1n) is 5.22. The highest BCUT2D eigenvalue weighted by atomic mass is 16.5. The molecule has 2 unspecified atom stereocenters. The maximum Gasteiger partial charge on any atom is 0.308 e. The van der Waals surface area contributed by atoms with Crippen molar-refractivity contribution in [3.05, 3.63) is 12.7 Å². The maximum absolute atomic E-state index is 11.1. The Kier molecular flexibility index (Phi) is 4.78. The van der Waals surface area contributed by atoms with E-state index in [2.05, 4.69) is 23.1 Å². The number of carbonyl (C=O) groups is 1. The average Bonchev–Trinajstić information content (AvgIpc) is 2.28. The number of hydrogen-bond acceptors (Lipinski definition) is 4. The van der Waals surface area contributed by atoms with Crippen LogP contribution < -0.4 is 0 Å². The lowest BCUT2D eigenvalue weighted by Gasteiger charge is -2.35. The van der Waals surface area contributed by atoms with Crippen molar-refractivity contribution in [3.63, 3.8) is 0 Å². The van der Waals surface area contributed by atoms with Crippen molar-refractivity contribution >= 4 is 5.97 Å².